The Bertz CT molecular complexity index is 416. The van der Waals surface area contributed by atoms with Gasteiger partial charge in [-0.25, -0.2) is 0 Å². The SMILES string of the molecule is COC(=O)CSCC(=O)N[C@@H](C)C12CC3CC(CC(C3)C1)C2. The van der Waals surface area contributed by atoms with Crippen molar-refractivity contribution in [3.05, 3.63) is 0 Å². The predicted molar refractivity (Wildman–Crippen MR) is 87.6 cm³/mol. The molecule has 4 aliphatic rings. The van der Waals surface area contributed by atoms with E-state index in [1.807, 2.05) is 0 Å². The maximum absolute atomic E-state index is 12.1. The van der Waals surface area contributed by atoms with E-state index < -0.39 is 0 Å². The van der Waals surface area contributed by atoms with Crippen molar-refractivity contribution in [3.8, 4) is 0 Å². The summed E-state index contributed by atoms with van der Waals surface area (Å²) in [6.07, 6.45) is 8.18. The second kappa shape index (κ2) is 6.42. The number of hydrogen-bond donors (Lipinski definition) is 1. The highest BCUT2D eigenvalue weighted by Crippen LogP contribution is 2.61. The molecule has 22 heavy (non-hydrogen) atoms. The first-order valence-corrected chi connectivity index (χ1v) is 9.60. The van der Waals surface area contributed by atoms with Crippen LogP contribution in [0.5, 0.6) is 0 Å². The Morgan fingerprint density at radius 1 is 1.14 bits per heavy atom. The molecule has 0 aliphatic heterocycles. The van der Waals surface area contributed by atoms with E-state index in [1.165, 1.54) is 57.4 Å². The molecule has 0 saturated heterocycles. The molecule has 0 unspecified atom stereocenters. The van der Waals surface area contributed by atoms with Gasteiger partial charge in [-0.2, -0.15) is 0 Å². The Balaban J connectivity index is 1.50. The van der Waals surface area contributed by atoms with Crippen LogP contribution >= 0.6 is 11.8 Å². The summed E-state index contributed by atoms with van der Waals surface area (Å²) in [6, 6.07) is 0.257. The number of amides is 1. The van der Waals surface area contributed by atoms with E-state index in [9.17, 15) is 9.59 Å². The first-order valence-electron chi connectivity index (χ1n) is 8.44. The van der Waals surface area contributed by atoms with Crippen LogP contribution in [-0.4, -0.2) is 36.5 Å². The molecular weight excluding hydrogens is 298 g/mol. The van der Waals surface area contributed by atoms with Crippen molar-refractivity contribution in [2.45, 2.75) is 51.5 Å². The molecule has 1 atom stereocenters. The number of nitrogens with one attached hydrogen (secondary N) is 1. The minimum absolute atomic E-state index is 0.0529. The molecule has 4 nitrogen and oxygen atoms in total. The highest BCUT2D eigenvalue weighted by molar-refractivity contribution is 8.00. The van der Waals surface area contributed by atoms with Gasteiger partial charge in [0.15, 0.2) is 0 Å². The molecule has 1 amide bonds. The van der Waals surface area contributed by atoms with Gasteiger partial charge in [0.1, 0.15) is 0 Å². The Labute approximate surface area is 137 Å². The number of carbonyl (C=O) groups is 2. The van der Waals surface area contributed by atoms with Crippen molar-refractivity contribution in [2.75, 3.05) is 18.6 Å². The normalized spacial score (nSPS) is 36.9. The summed E-state index contributed by atoms with van der Waals surface area (Å²) in [5.41, 5.74) is 0.345. The van der Waals surface area contributed by atoms with Gasteiger partial charge in [-0.1, -0.05) is 0 Å². The van der Waals surface area contributed by atoms with Gasteiger partial charge in [0.2, 0.25) is 5.91 Å². The summed E-state index contributed by atoms with van der Waals surface area (Å²) < 4.78 is 4.59. The van der Waals surface area contributed by atoms with Crippen LogP contribution in [0, 0.1) is 23.2 Å². The number of esters is 1. The van der Waals surface area contributed by atoms with Gasteiger partial charge in [-0.05, 0) is 68.6 Å². The Morgan fingerprint density at radius 3 is 2.18 bits per heavy atom. The van der Waals surface area contributed by atoms with E-state index >= 15 is 0 Å². The average molecular weight is 325 g/mol. The van der Waals surface area contributed by atoms with Crippen molar-refractivity contribution >= 4 is 23.6 Å². The van der Waals surface area contributed by atoms with Crippen molar-refractivity contribution in [3.63, 3.8) is 0 Å². The molecule has 0 radical (unpaired) electrons. The second-order valence-electron chi connectivity index (χ2n) is 7.64. The van der Waals surface area contributed by atoms with Gasteiger partial charge in [0, 0.05) is 6.04 Å². The highest BCUT2D eigenvalue weighted by atomic mass is 32.2. The standard InChI is InChI=1S/C17H27NO3S/c1-11(18-15(19)9-22-10-16(20)21-2)17-6-12-3-13(7-17)5-14(4-12)8-17/h11-14H,3-10H2,1-2H3,(H,18,19)/t11-,12?,13?,14?,17?/m0/s1. The molecule has 0 aromatic heterocycles. The summed E-state index contributed by atoms with van der Waals surface area (Å²) in [7, 11) is 1.37. The number of methoxy groups -OCH3 is 1. The van der Waals surface area contributed by atoms with Crippen molar-refractivity contribution in [2.24, 2.45) is 23.2 Å². The van der Waals surface area contributed by atoms with E-state index in [1.54, 1.807) is 0 Å². The van der Waals surface area contributed by atoms with Gasteiger partial charge in [-0.15, -0.1) is 11.8 Å². The minimum atomic E-state index is -0.271. The van der Waals surface area contributed by atoms with Gasteiger partial charge >= 0.3 is 5.97 Å². The van der Waals surface area contributed by atoms with Gasteiger partial charge < -0.3 is 10.1 Å². The molecular formula is C17H27NO3S. The molecule has 4 rings (SSSR count). The summed E-state index contributed by atoms with van der Waals surface area (Å²) >= 11 is 1.33. The average Bonchev–Trinajstić information content (AvgIpc) is 2.45. The maximum Gasteiger partial charge on any atom is 0.315 e. The van der Waals surface area contributed by atoms with Crippen LogP contribution in [0.15, 0.2) is 0 Å². The first-order chi connectivity index (χ1) is 10.5. The lowest BCUT2D eigenvalue weighted by Gasteiger charge is -2.59. The van der Waals surface area contributed by atoms with Crippen LogP contribution in [0.1, 0.15) is 45.4 Å². The zero-order valence-corrected chi connectivity index (χ0v) is 14.4. The summed E-state index contributed by atoms with van der Waals surface area (Å²) in [6.45, 7) is 2.19. The first kappa shape index (κ1) is 16.2. The summed E-state index contributed by atoms with van der Waals surface area (Å²) in [5, 5.41) is 3.22. The molecule has 4 bridgehead atoms. The molecule has 0 heterocycles. The lowest BCUT2D eigenvalue weighted by Crippen LogP contribution is -2.56. The van der Waals surface area contributed by atoms with Crippen molar-refractivity contribution < 1.29 is 14.3 Å². The van der Waals surface area contributed by atoms with Gasteiger partial charge in [0.05, 0.1) is 18.6 Å². The number of carbonyl (C=O) groups excluding carboxylic acids is 2. The topological polar surface area (TPSA) is 55.4 Å². The van der Waals surface area contributed by atoms with E-state index in [-0.39, 0.29) is 23.7 Å². The van der Waals surface area contributed by atoms with Crippen LogP contribution in [0.25, 0.3) is 0 Å². The molecule has 0 aromatic rings. The molecule has 124 valence electrons. The summed E-state index contributed by atoms with van der Waals surface area (Å²) in [4.78, 5) is 23.2. The summed E-state index contributed by atoms with van der Waals surface area (Å²) in [5.74, 6) is 3.07. The fourth-order valence-electron chi connectivity index (χ4n) is 5.43. The Kier molecular flexibility index (Phi) is 4.72. The molecule has 0 aromatic carbocycles. The lowest BCUT2D eigenvalue weighted by atomic mass is 9.48. The molecule has 4 saturated carbocycles. The minimum Gasteiger partial charge on any atom is -0.468 e. The fourth-order valence-corrected chi connectivity index (χ4v) is 6.09. The monoisotopic (exact) mass is 325 g/mol. The lowest BCUT2D eigenvalue weighted by molar-refractivity contribution is -0.137. The van der Waals surface area contributed by atoms with E-state index in [2.05, 4.69) is 17.0 Å². The van der Waals surface area contributed by atoms with Crippen LogP contribution in [-0.2, 0) is 14.3 Å². The predicted octanol–water partition coefficient (Wildman–Crippen LogP) is 2.61. The van der Waals surface area contributed by atoms with E-state index in [0.29, 0.717) is 11.2 Å². The number of ether oxygens (including phenoxy) is 1. The Hall–Kier alpha value is -0.710. The molecule has 4 fully saturated rings. The third kappa shape index (κ3) is 3.29. The zero-order chi connectivity index (χ0) is 15.7. The number of rotatable bonds is 6. The van der Waals surface area contributed by atoms with Crippen molar-refractivity contribution in [1.82, 2.24) is 5.32 Å². The number of thioether (sulfide) groups is 1. The quantitative estimate of drug-likeness (QED) is 0.763. The Morgan fingerprint density at radius 2 is 1.68 bits per heavy atom. The number of hydrogen-bond acceptors (Lipinski definition) is 4. The van der Waals surface area contributed by atoms with Gasteiger partial charge in [-0.3, -0.25) is 9.59 Å². The fraction of sp³-hybridized carbons (Fsp3) is 0.882. The van der Waals surface area contributed by atoms with Gasteiger partial charge in [0.25, 0.3) is 0 Å². The third-order valence-corrected chi connectivity index (χ3v) is 6.97. The van der Waals surface area contributed by atoms with Crippen molar-refractivity contribution in [1.29, 1.82) is 0 Å². The maximum atomic E-state index is 12.1. The third-order valence-electron chi connectivity index (χ3n) is 6.06. The van der Waals surface area contributed by atoms with E-state index in [0.717, 1.165) is 17.8 Å². The highest BCUT2D eigenvalue weighted by Gasteiger charge is 2.53. The van der Waals surface area contributed by atoms with E-state index in [4.69, 9.17) is 0 Å². The molecule has 0 spiro atoms. The largest absolute Gasteiger partial charge is 0.468 e. The van der Waals surface area contributed by atoms with Crippen LogP contribution < -0.4 is 5.32 Å². The molecule has 4 aliphatic carbocycles. The molecule has 5 heteroatoms. The smallest absolute Gasteiger partial charge is 0.315 e. The van der Waals surface area contributed by atoms with Crippen LogP contribution in [0.3, 0.4) is 0 Å². The second-order valence-corrected chi connectivity index (χ2v) is 8.62. The zero-order valence-electron chi connectivity index (χ0n) is 13.6. The van der Waals surface area contributed by atoms with Crippen LogP contribution in [0.2, 0.25) is 0 Å². The molecule has 1 N–H and O–H groups in total. The van der Waals surface area contributed by atoms with Crippen LogP contribution in [0.4, 0.5) is 0 Å².